The van der Waals surface area contributed by atoms with Gasteiger partial charge in [0.1, 0.15) is 0 Å². The van der Waals surface area contributed by atoms with E-state index in [-0.39, 0.29) is 0 Å². The third-order valence-corrected chi connectivity index (χ3v) is 5.03. The van der Waals surface area contributed by atoms with Crippen LogP contribution in [0.15, 0.2) is 53.7 Å². The largest absolute Gasteiger partial charge is 0.214 e. The third kappa shape index (κ3) is 3.08. The van der Waals surface area contributed by atoms with Gasteiger partial charge >= 0.3 is 0 Å². The first-order valence-electron chi connectivity index (χ1n) is 8.04. The number of nitrogens with zero attached hydrogens (tertiary/aromatic N) is 8. The van der Waals surface area contributed by atoms with Crippen molar-refractivity contribution >= 4 is 11.8 Å². The quantitative estimate of drug-likeness (QED) is 0.503. The van der Waals surface area contributed by atoms with E-state index in [2.05, 4.69) is 51.0 Å². The van der Waals surface area contributed by atoms with Crippen LogP contribution in [0.2, 0.25) is 0 Å². The van der Waals surface area contributed by atoms with Gasteiger partial charge in [-0.15, -0.1) is 10.2 Å². The molecule has 0 unspecified atom stereocenters. The van der Waals surface area contributed by atoms with Crippen LogP contribution < -0.4 is 0 Å². The van der Waals surface area contributed by atoms with Crippen molar-refractivity contribution in [2.75, 3.05) is 0 Å². The van der Waals surface area contributed by atoms with Crippen LogP contribution in [0, 0.1) is 13.8 Å². The smallest absolute Gasteiger partial charge is 0.196 e. The predicted octanol–water partition coefficient (Wildman–Crippen LogP) is 2.55. The summed E-state index contributed by atoms with van der Waals surface area (Å²) in [6.07, 6.45) is 0. The molecule has 0 saturated carbocycles. The van der Waals surface area contributed by atoms with E-state index in [9.17, 15) is 0 Å². The van der Waals surface area contributed by atoms with Gasteiger partial charge in [-0.2, -0.15) is 9.36 Å². The second-order valence-electron chi connectivity index (χ2n) is 5.72. The Morgan fingerprint density at radius 1 is 0.846 bits per heavy atom. The molecule has 0 aliphatic carbocycles. The van der Waals surface area contributed by atoms with Crippen LogP contribution in [0.25, 0.3) is 11.4 Å². The average Bonchev–Trinajstić information content (AvgIpc) is 3.32. The van der Waals surface area contributed by atoms with Crippen LogP contribution in [0.5, 0.6) is 0 Å². The molecule has 2 aromatic carbocycles. The Balaban J connectivity index is 1.59. The van der Waals surface area contributed by atoms with Crippen molar-refractivity contribution in [1.82, 2.24) is 40.4 Å². The molecule has 0 fully saturated rings. The molecule has 130 valence electrons. The molecule has 0 N–H and O–H groups in total. The number of aromatic nitrogens is 8. The lowest BCUT2D eigenvalue weighted by Crippen LogP contribution is -2.04. The van der Waals surface area contributed by atoms with Gasteiger partial charge in [0.05, 0.1) is 17.1 Å². The van der Waals surface area contributed by atoms with Gasteiger partial charge in [0, 0.05) is 0 Å². The second kappa shape index (κ2) is 7.04. The Kier molecular flexibility index (Phi) is 4.44. The number of hydrogen-bond acceptors (Lipinski definition) is 7. The van der Waals surface area contributed by atoms with Crippen molar-refractivity contribution < 1.29 is 0 Å². The number of rotatable bonds is 5. The topological polar surface area (TPSA) is 87.2 Å². The highest BCUT2D eigenvalue weighted by molar-refractivity contribution is 7.98. The number of para-hydroxylation sites is 1. The fourth-order valence-corrected chi connectivity index (χ4v) is 3.37. The lowest BCUT2D eigenvalue weighted by molar-refractivity contribution is 0.749. The molecule has 26 heavy (non-hydrogen) atoms. The van der Waals surface area contributed by atoms with Crippen molar-refractivity contribution in [3.63, 3.8) is 0 Å². The lowest BCUT2D eigenvalue weighted by atomic mass is 10.1. The second-order valence-corrected chi connectivity index (χ2v) is 6.67. The molecule has 0 atom stereocenters. The van der Waals surface area contributed by atoms with Crippen molar-refractivity contribution in [2.24, 2.45) is 0 Å². The van der Waals surface area contributed by atoms with E-state index in [4.69, 9.17) is 0 Å². The first kappa shape index (κ1) is 16.4. The van der Waals surface area contributed by atoms with E-state index in [1.54, 1.807) is 9.36 Å². The van der Waals surface area contributed by atoms with Crippen LogP contribution in [-0.4, -0.2) is 40.4 Å². The maximum atomic E-state index is 4.15. The van der Waals surface area contributed by atoms with Crippen LogP contribution in [0.1, 0.15) is 17.0 Å². The monoisotopic (exact) mass is 364 g/mol. The molecule has 2 aromatic heterocycles. The Bertz CT molecular complexity index is 1020. The van der Waals surface area contributed by atoms with Gasteiger partial charge in [-0.05, 0) is 64.0 Å². The van der Waals surface area contributed by atoms with Gasteiger partial charge < -0.3 is 0 Å². The van der Waals surface area contributed by atoms with Gasteiger partial charge in [-0.3, -0.25) is 0 Å². The van der Waals surface area contributed by atoms with Crippen LogP contribution in [0.4, 0.5) is 0 Å². The first-order valence-corrected chi connectivity index (χ1v) is 9.03. The Morgan fingerprint density at radius 3 is 2.46 bits per heavy atom. The summed E-state index contributed by atoms with van der Waals surface area (Å²) in [5.41, 5.74) is 4.24. The maximum absolute atomic E-state index is 4.15. The minimum Gasteiger partial charge on any atom is -0.196 e. The van der Waals surface area contributed by atoms with Crippen molar-refractivity contribution in [3.05, 3.63) is 65.5 Å². The molecular formula is C17H16N8S. The summed E-state index contributed by atoms with van der Waals surface area (Å²) in [6, 6.07) is 15.9. The maximum Gasteiger partial charge on any atom is 0.214 e. The van der Waals surface area contributed by atoms with Gasteiger partial charge in [-0.25, -0.2) is 0 Å². The van der Waals surface area contributed by atoms with Crippen molar-refractivity contribution in [2.45, 2.75) is 24.8 Å². The Labute approximate surface area is 154 Å². The number of tetrazole rings is 2. The molecule has 4 rings (SSSR count). The minimum absolute atomic E-state index is 0.549. The molecule has 0 aliphatic heterocycles. The molecule has 0 aliphatic rings. The van der Waals surface area contributed by atoms with Crippen molar-refractivity contribution in [3.8, 4) is 11.4 Å². The van der Waals surface area contributed by atoms with E-state index in [0.717, 1.165) is 22.8 Å². The summed E-state index contributed by atoms with van der Waals surface area (Å²) in [6.45, 7) is 4.14. The summed E-state index contributed by atoms with van der Waals surface area (Å²) < 4.78 is 3.47. The normalized spacial score (nSPS) is 11.0. The van der Waals surface area contributed by atoms with Gasteiger partial charge in [0.25, 0.3) is 0 Å². The molecule has 0 amide bonds. The molecule has 9 heteroatoms. The van der Waals surface area contributed by atoms with Crippen LogP contribution in [0.3, 0.4) is 0 Å². The highest BCUT2D eigenvalue weighted by Crippen LogP contribution is 2.24. The summed E-state index contributed by atoms with van der Waals surface area (Å²) in [7, 11) is 0. The molecule has 2 heterocycles. The number of aryl methyl sites for hydroxylation is 1. The van der Waals surface area contributed by atoms with E-state index in [1.165, 1.54) is 17.3 Å². The van der Waals surface area contributed by atoms with Crippen LogP contribution in [-0.2, 0) is 5.75 Å². The molecule has 4 aromatic rings. The Hall–Kier alpha value is -3.07. The molecule has 0 radical (unpaired) electrons. The molecular weight excluding hydrogens is 348 g/mol. The van der Waals surface area contributed by atoms with Gasteiger partial charge in [0.15, 0.2) is 5.82 Å². The highest BCUT2D eigenvalue weighted by atomic mass is 32.2. The zero-order chi connectivity index (χ0) is 17.9. The fraction of sp³-hybridized carbons (Fsp3) is 0.176. The number of hydrogen-bond donors (Lipinski definition) is 0. The molecule has 8 nitrogen and oxygen atoms in total. The SMILES string of the molecule is Cc1cccc(-n2nnnc2SCc2nnnn2-c2ccccc2)c1C. The molecule has 0 saturated heterocycles. The average molecular weight is 364 g/mol. The first-order chi connectivity index (χ1) is 12.7. The standard InChI is InChI=1S/C17H16N8S/c1-12-7-6-10-15(13(12)2)25-17(19-21-23-25)26-11-16-18-20-22-24(16)14-8-4-3-5-9-14/h3-10H,11H2,1-2H3. The van der Waals surface area contributed by atoms with Gasteiger partial charge in [0.2, 0.25) is 5.16 Å². The summed E-state index contributed by atoms with van der Waals surface area (Å²) in [5.74, 6) is 1.28. The number of thioether (sulfide) groups is 1. The van der Waals surface area contributed by atoms with E-state index < -0.39 is 0 Å². The van der Waals surface area contributed by atoms with Gasteiger partial charge in [-0.1, -0.05) is 42.1 Å². The zero-order valence-electron chi connectivity index (χ0n) is 14.3. The minimum atomic E-state index is 0.549. The number of benzene rings is 2. The summed E-state index contributed by atoms with van der Waals surface area (Å²) in [5, 5.41) is 24.8. The summed E-state index contributed by atoms with van der Waals surface area (Å²) in [4.78, 5) is 0. The highest BCUT2D eigenvalue weighted by Gasteiger charge is 2.15. The van der Waals surface area contributed by atoms with E-state index in [1.807, 2.05) is 42.5 Å². The third-order valence-electron chi connectivity index (χ3n) is 4.11. The predicted molar refractivity (Wildman–Crippen MR) is 97.3 cm³/mol. The fourth-order valence-electron chi connectivity index (χ4n) is 2.58. The molecule has 0 spiro atoms. The lowest BCUT2D eigenvalue weighted by Gasteiger charge is -2.09. The molecule has 0 bridgehead atoms. The van der Waals surface area contributed by atoms with E-state index in [0.29, 0.717) is 10.9 Å². The van der Waals surface area contributed by atoms with Crippen LogP contribution >= 0.6 is 11.8 Å². The van der Waals surface area contributed by atoms with Crippen molar-refractivity contribution in [1.29, 1.82) is 0 Å². The summed E-state index contributed by atoms with van der Waals surface area (Å²) >= 11 is 1.49. The zero-order valence-corrected chi connectivity index (χ0v) is 15.1. The van der Waals surface area contributed by atoms with E-state index >= 15 is 0 Å². The Morgan fingerprint density at radius 2 is 1.62 bits per heavy atom.